The van der Waals surface area contributed by atoms with Crippen LogP contribution in [-0.4, -0.2) is 0 Å². The fourth-order valence-corrected chi connectivity index (χ4v) is 4.87. The van der Waals surface area contributed by atoms with E-state index in [0.717, 1.165) is 23.3 Å². The Labute approximate surface area is 150 Å². The molecule has 0 bridgehead atoms. The normalized spacial score (nSPS) is 31.5. The first-order valence-electron chi connectivity index (χ1n) is 10.2. The van der Waals surface area contributed by atoms with Gasteiger partial charge in [-0.25, -0.2) is 0 Å². The third kappa shape index (κ3) is 6.11. The first-order chi connectivity index (χ1) is 11.6. The van der Waals surface area contributed by atoms with Gasteiger partial charge in [-0.2, -0.15) is 0 Å². The predicted octanol–water partition coefficient (Wildman–Crippen LogP) is 7.64. The molecule has 0 amide bonds. The Balaban J connectivity index is 1.76. The number of allylic oxidation sites excluding steroid dienone is 5. The predicted molar refractivity (Wildman–Crippen MR) is 108 cm³/mol. The zero-order valence-electron chi connectivity index (χ0n) is 15.9. The standard InChI is InChI=1S/C24H38/c1-5-6-8-21-9-7-10-23(14-13-21)24-17-15-22(16-18-24)20(4)12-11-19(2)3/h5,11-12,21-24H,1-2,4,6-10,13-18H2,3H3/b12-11-. The van der Waals surface area contributed by atoms with E-state index >= 15 is 0 Å². The second-order valence-electron chi connectivity index (χ2n) is 8.37. The maximum Gasteiger partial charge on any atom is -0.0168 e. The molecule has 0 heterocycles. The summed E-state index contributed by atoms with van der Waals surface area (Å²) in [5, 5.41) is 0. The van der Waals surface area contributed by atoms with E-state index in [9.17, 15) is 0 Å². The largest absolute Gasteiger partial charge is 0.103 e. The molecule has 2 aliphatic carbocycles. The van der Waals surface area contributed by atoms with Crippen LogP contribution in [0.4, 0.5) is 0 Å². The SMILES string of the molecule is C=CCCC1CCCC(C2CCC(C(=C)/C=C\C(=C)C)CC2)CC1. The van der Waals surface area contributed by atoms with Gasteiger partial charge in [0.2, 0.25) is 0 Å². The van der Waals surface area contributed by atoms with Crippen LogP contribution in [0.25, 0.3) is 0 Å². The smallest absolute Gasteiger partial charge is 0.0168 e. The van der Waals surface area contributed by atoms with Crippen molar-refractivity contribution >= 4 is 0 Å². The summed E-state index contributed by atoms with van der Waals surface area (Å²) >= 11 is 0. The molecule has 0 radical (unpaired) electrons. The molecule has 0 spiro atoms. The van der Waals surface area contributed by atoms with Gasteiger partial charge in [-0.1, -0.05) is 68.2 Å². The van der Waals surface area contributed by atoms with E-state index in [1.54, 1.807) is 0 Å². The summed E-state index contributed by atoms with van der Waals surface area (Å²) in [6, 6.07) is 0. The van der Waals surface area contributed by atoms with Gasteiger partial charge in [0.25, 0.3) is 0 Å². The van der Waals surface area contributed by atoms with Gasteiger partial charge in [-0.15, -0.1) is 6.58 Å². The van der Waals surface area contributed by atoms with Crippen molar-refractivity contribution in [1.82, 2.24) is 0 Å². The van der Waals surface area contributed by atoms with Gasteiger partial charge in [0.05, 0.1) is 0 Å². The van der Waals surface area contributed by atoms with Crippen molar-refractivity contribution in [2.75, 3.05) is 0 Å². The monoisotopic (exact) mass is 326 g/mol. The first-order valence-corrected chi connectivity index (χ1v) is 10.2. The van der Waals surface area contributed by atoms with Gasteiger partial charge in [0.1, 0.15) is 0 Å². The lowest BCUT2D eigenvalue weighted by Crippen LogP contribution is -2.22. The molecule has 0 nitrogen and oxygen atoms in total. The van der Waals surface area contributed by atoms with Crippen molar-refractivity contribution in [2.45, 2.75) is 77.6 Å². The lowest BCUT2D eigenvalue weighted by molar-refractivity contribution is 0.201. The van der Waals surface area contributed by atoms with Gasteiger partial charge in [0.15, 0.2) is 0 Å². The van der Waals surface area contributed by atoms with Crippen molar-refractivity contribution in [1.29, 1.82) is 0 Å². The second kappa shape index (κ2) is 10.1. The van der Waals surface area contributed by atoms with E-state index in [4.69, 9.17) is 0 Å². The topological polar surface area (TPSA) is 0 Å². The minimum absolute atomic E-state index is 0.711. The van der Waals surface area contributed by atoms with Gasteiger partial charge in [-0.05, 0) is 75.5 Å². The molecular formula is C24H38. The molecule has 0 aromatic rings. The van der Waals surface area contributed by atoms with Gasteiger partial charge >= 0.3 is 0 Å². The number of rotatable bonds is 7. The summed E-state index contributed by atoms with van der Waals surface area (Å²) in [5.74, 6) is 3.66. The summed E-state index contributed by atoms with van der Waals surface area (Å²) in [4.78, 5) is 0. The molecule has 24 heavy (non-hydrogen) atoms. The lowest BCUT2D eigenvalue weighted by atomic mass is 9.72. The Morgan fingerprint density at radius 2 is 1.54 bits per heavy atom. The molecule has 2 aliphatic rings. The first kappa shape index (κ1) is 19.3. The molecule has 2 unspecified atom stereocenters. The quantitative estimate of drug-likeness (QED) is 0.256. The molecule has 2 fully saturated rings. The van der Waals surface area contributed by atoms with Gasteiger partial charge in [-0.3, -0.25) is 0 Å². The highest BCUT2D eigenvalue weighted by Crippen LogP contribution is 2.42. The highest BCUT2D eigenvalue weighted by molar-refractivity contribution is 5.25. The minimum atomic E-state index is 0.711. The summed E-state index contributed by atoms with van der Waals surface area (Å²) in [6.07, 6.45) is 21.9. The van der Waals surface area contributed by atoms with Crippen molar-refractivity contribution in [3.8, 4) is 0 Å². The highest BCUT2D eigenvalue weighted by Gasteiger charge is 2.29. The third-order valence-corrected chi connectivity index (χ3v) is 6.46. The van der Waals surface area contributed by atoms with Crippen LogP contribution in [0.5, 0.6) is 0 Å². The summed E-state index contributed by atoms with van der Waals surface area (Å²) in [7, 11) is 0. The van der Waals surface area contributed by atoms with Crippen molar-refractivity contribution in [2.24, 2.45) is 23.7 Å². The van der Waals surface area contributed by atoms with E-state index in [1.807, 2.05) is 0 Å². The molecule has 134 valence electrons. The summed E-state index contributed by atoms with van der Waals surface area (Å²) < 4.78 is 0. The van der Waals surface area contributed by atoms with Crippen molar-refractivity contribution in [3.05, 3.63) is 49.1 Å². The average Bonchev–Trinajstić information content (AvgIpc) is 2.83. The van der Waals surface area contributed by atoms with E-state index < -0.39 is 0 Å². The molecule has 0 aromatic heterocycles. The second-order valence-corrected chi connectivity index (χ2v) is 8.37. The van der Waals surface area contributed by atoms with Crippen molar-refractivity contribution in [3.63, 3.8) is 0 Å². The summed E-state index contributed by atoms with van der Waals surface area (Å²) in [6.45, 7) is 14.2. The van der Waals surface area contributed by atoms with Crippen LogP contribution in [0.1, 0.15) is 77.6 Å². The molecule has 2 atom stereocenters. The van der Waals surface area contributed by atoms with E-state index in [0.29, 0.717) is 5.92 Å². The fourth-order valence-electron chi connectivity index (χ4n) is 4.87. The fraction of sp³-hybridized carbons (Fsp3) is 0.667. The summed E-state index contributed by atoms with van der Waals surface area (Å²) in [5.41, 5.74) is 2.44. The minimum Gasteiger partial charge on any atom is -0.103 e. The van der Waals surface area contributed by atoms with E-state index in [-0.39, 0.29) is 0 Å². The molecular weight excluding hydrogens is 288 g/mol. The van der Waals surface area contributed by atoms with Crippen LogP contribution in [-0.2, 0) is 0 Å². The number of hydrogen-bond donors (Lipinski definition) is 0. The number of hydrogen-bond acceptors (Lipinski definition) is 0. The zero-order valence-corrected chi connectivity index (χ0v) is 15.9. The maximum atomic E-state index is 4.31. The molecule has 0 saturated heterocycles. The Morgan fingerprint density at radius 3 is 2.21 bits per heavy atom. The Morgan fingerprint density at radius 1 is 0.875 bits per heavy atom. The Kier molecular flexibility index (Phi) is 8.09. The van der Waals surface area contributed by atoms with Crippen LogP contribution in [0.2, 0.25) is 0 Å². The van der Waals surface area contributed by atoms with Crippen LogP contribution in [0.15, 0.2) is 49.1 Å². The molecule has 2 saturated carbocycles. The highest BCUT2D eigenvalue weighted by atomic mass is 14.3. The molecule has 0 aliphatic heterocycles. The van der Waals surface area contributed by atoms with Gasteiger partial charge in [0, 0.05) is 0 Å². The molecule has 2 rings (SSSR count). The van der Waals surface area contributed by atoms with Crippen LogP contribution < -0.4 is 0 Å². The molecule has 0 N–H and O–H groups in total. The third-order valence-electron chi connectivity index (χ3n) is 6.46. The van der Waals surface area contributed by atoms with E-state index in [1.165, 1.54) is 76.2 Å². The van der Waals surface area contributed by atoms with Crippen LogP contribution in [0.3, 0.4) is 0 Å². The zero-order chi connectivity index (χ0) is 17.4. The van der Waals surface area contributed by atoms with E-state index in [2.05, 4.69) is 44.9 Å². The molecule has 0 heteroatoms. The molecule has 0 aromatic carbocycles. The Hall–Kier alpha value is -1.04. The lowest BCUT2D eigenvalue weighted by Gasteiger charge is -2.34. The average molecular weight is 327 g/mol. The maximum absolute atomic E-state index is 4.31. The Bertz CT molecular complexity index is 445. The van der Waals surface area contributed by atoms with Crippen LogP contribution >= 0.6 is 0 Å². The van der Waals surface area contributed by atoms with Crippen LogP contribution in [0, 0.1) is 23.7 Å². The van der Waals surface area contributed by atoms with Gasteiger partial charge < -0.3 is 0 Å². The van der Waals surface area contributed by atoms with Crippen molar-refractivity contribution < 1.29 is 0 Å².